The number of nitrogens with zero attached hydrogens (tertiary/aromatic N) is 2. The summed E-state index contributed by atoms with van der Waals surface area (Å²) < 4.78 is 7.76. The summed E-state index contributed by atoms with van der Waals surface area (Å²) in [6.45, 7) is 0. The summed E-state index contributed by atoms with van der Waals surface area (Å²) in [5, 5.41) is 0. The van der Waals surface area contributed by atoms with Gasteiger partial charge < -0.3 is 4.74 Å². The van der Waals surface area contributed by atoms with Crippen LogP contribution in [-0.4, -0.2) is 15.5 Å². The molecular weight excluding hydrogens is 396 g/mol. The van der Waals surface area contributed by atoms with Crippen molar-refractivity contribution in [2.45, 2.75) is 0 Å². The molecule has 4 aromatic carbocycles. The standard InChI is InChI=1S/C28H20N2O2/c31-27(23-17-9-3-10-18-23)32-28-29-25(21-13-5-1-6-14-21)26(22-15-7-2-8-16-22)30(28)24-19-11-4-12-20-24/h1-20H. The van der Waals surface area contributed by atoms with Crippen LogP contribution in [0.25, 0.3) is 28.2 Å². The molecule has 0 atom stereocenters. The van der Waals surface area contributed by atoms with Crippen LogP contribution < -0.4 is 4.74 Å². The molecule has 0 aliphatic carbocycles. The Labute approximate surface area is 186 Å². The van der Waals surface area contributed by atoms with Crippen LogP contribution in [0.1, 0.15) is 10.4 Å². The van der Waals surface area contributed by atoms with E-state index in [4.69, 9.17) is 9.72 Å². The Morgan fingerprint density at radius 1 is 0.625 bits per heavy atom. The maximum atomic E-state index is 12.9. The molecule has 0 aliphatic heterocycles. The number of imidazole rings is 1. The molecule has 0 bridgehead atoms. The van der Waals surface area contributed by atoms with Gasteiger partial charge in [0, 0.05) is 11.1 Å². The fourth-order valence-corrected chi connectivity index (χ4v) is 3.66. The van der Waals surface area contributed by atoms with Gasteiger partial charge in [-0.1, -0.05) is 97.1 Å². The van der Waals surface area contributed by atoms with Crippen LogP contribution in [0.4, 0.5) is 0 Å². The Morgan fingerprint density at radius 3 is 1.72 bits per heavy atom. The molecule has 5 aromatic rings. The molecule has 1 heterocycles. The SMILES string of the molecule is O=C(Oc1nc(-c2ccccc2)c(-c2ccccc2)n1-c1ccccc1)c1ccccc1. The number of rotatable bonds is 5. The Balaban J connectivity index is 1.74. The van der Waals surface area contributed by atoms with E-state index >= 15 is 0 Å². The number of benzene rings is 4. The van der Waals surface area contributed by atoms with Crippen LogP contribution in [0.5, 0.6) is 6.01 Å². The third-order valence-electron chi connectivity index (χ3n) is 5.15. The summed E-state index contributed by atoms with van der Waals surface area (Å²) in [7, 11) is 0. The van der Waals surface area contributed by atoms with Gasteiger partial charge in [0.25, 0.3) is 0 Å². The van der Waals surface area contributed by atoms with Crippen LogP contribution in [0.15, 0.2) is 121 Å². The van der Waals surface area contributed by atoms with Crippen LogP contribution in [-0.2, 0) is 0 Å². The third kappa shape index (κ3) is 3.82. The van der Waals surface area contributed by atoms with E-state index < -0.39 is 5.97 Å². The molecule has 0 N–H and O–H groups in total. The summed E-state index contributed by atoms with van der Waals surface area (Å²) in [6, 6.07) is 38.9. The molecule has 0 amide bonds. The number of hydrogen-bond donors (Lipinski definition) is 0. The van der Waals surface area contributed by atoms with Crippen LogP contribution >= 0.6 is 0 Å². The lowest BCUT2D eigenvalue weighted by Gasteiger charge is -2.13. The minimum Gasteiger partial charge on any atom is -0.388 e. The average molecular weight is 416 g/mol. The van der Waals surface area contributed by atoms with Crippen molar-refractivity contribution < 1.29 is 9.53 Å². The fraction of sp³-hybridized carbons (Fsp3) is 0. The predicted octanol–water partition coefficient (Wildman–Crippen LogP) is 6.43. The average Bonchev–Trinajstić information content (AvgIpc) is 3.25. The molecule has 1 aromatic heterocycles. The number of hydrogen-bond acceptors (Lipinski definition) is 3. The summed E-state index contributed by atoms with van der Waals surface area (Å²) in [4.78, 5) is 17.7. The lowest BCUT2D eigenvalue weighted by Crippen LogP contribution is -2.12. The molecule has 0 aliphatic rings. The van der Waals surface area contributed by atoms with Gasteiger partial charge in [0.1, 0.15) is 5.69 Å². The van der Waals surface area contributed by atoms with E-state index in [-0.39, 0.29) is 6.01 Å². The van der Waals surface area contributed by atoms with Gasteiger partial charge in [-0.05, 0) is 24.3 Å². The second-order valence-electron chi connectivity index (χ2n) is 7.25. The van der Waals surface area contributed by atoms with E-state index in [9.17, 15) is 4.79 Å². The van der Waals surface area contributed by atoms with E-state index in [1.165, 1.54) is 0 Å². The first-order chi connectivity index (χ1) is 15.8. The van der Waals surface area contributed by atoms with Crippen LogP contribution in [0.2, 0.25) is 0 Å². The van der Waals surface area contributed by atoms with Gasteiger partial charge in [-0.3, -0.25) is 4.57 Å². The Kier molecular flexibility index (Phi) is 5.33. The highest BCUT2D eigenvalue weighted by atomic mass is 16.5. The minimum absolute atomic E-state index is 0.225. The van der Waals surface area contributed by atoms with Gasteiger partial charge in [0.05, 0.1) is 16.9 Å². The van der Waals surface area contributed by atoms with Gasteiger partial charge in [0.2, 0.25) is 0 Å². The molecule has 154 valence electrons. The fourth-order valence-electron chi connectivity index (χ4n) is 3.66. The van der Waals surface area contributed by atoms with Crippen molar-refractivity contribution in [1.29, 1.82) is 0 Å². The largest absolute Gasteiger partial charge is 0.388 e. The smallest absolute Gasteiger partial charge is 0.345 e. The summed E-state index contributed by atoms with van der Waals surface area (Å²) in [5.74, 6) is -0.452. The van der Waals surface area contributed by atoms with Crippen molar-refractivity contribution >= 4 is 5.97 Å². The predicted molar refractivity (Wildman–Crippen MR) is 126 cm³/mol. The van der Waals surface area contributed by atoms with Crippen LogP contribution in [0, 0.1) is 0 Å². The molecule has 0 unspecified atom stereocenters. The zero-order valence-corrected chi connectivity index (χ0v) is 17.3. The number of aromatic nitrogens is 2. The monoisotopic (exact) mass is 416 g/mol. The Hall–Kier alpha value is -4.44. The first-order valence-electron chi connectivity index (χ1n) is 10.4. The lowest BCUT2D eigenvalue weighted by atomic mass is 10.0. The molecule has 0 radical (unpaired) electrons. The zero-order chi connectivity index (χ0) is 21.8. The minimum atomic E-state index is -0.452. The van der Waals surface area contributed by atoms with Crippen molar-refractivity contribution in [3.63, 3.8) is 0 Å². The van der Waals surface area contributed by atoms with Crippen molar-refractivity contribution in [2.75, 3.05) is 0 Å². The highest BCUT2D eigenvalue weighted by molar-refractivity contribution is 5.91. The van der Waals surface area contributed by atoms with Gasteiger partial charge >= 0.3 is 12.0 Å². The van der Waals surface area contributed by atoms with E-state index in [0.29, 0.717) is 5.56 Å². The molecule has 32 heavy (non-hydrogen) atoms. The molecular formula is C28H20N2O2. The number of carbonyl (C=O) groups excluding carboxylic acids is 1. The molecule has 4 heteroatoms. The van der Waals surface area contributed by atoms with Gasteiger partial charge in [0.15, 0.2) is 0 Å². The van der Waals surface area contributed by atoms with Gasteiger partial charge in [-0.2, -0.15) is 4.98 Å². The lowest BCUT2D eigenvalue weighted by molar-refractivity contribution is 0.0717. The molecule has 4 nitrogen and oxygen atoms in total. The second kappa shape index (κ2) is 8.74. The van der Waals surface area contributed by atoms with Crippen LogP contribution in [0.3, 0.4) is 0 Å². The van der Waals surface area contributed by atoms with Crippen molar-refractivity contribution in [3.8, 4) is 34.2 Å². The molecule has 0 saturated carbocycles. The first-order valence-corrected chi connectivity index (χ1v) is 10.4. The number of carbonyl (C=O) groups is 1. The normalized spacial score (nSPS) is 10.6. The summed E-state index contributed by atoms with van der Waals surface area (Å²) >= 11 is 0. The maximum absolute atomic E-state index is 12.9. The van der Waals surface area contributed by atoms with Gasteiger partial charge in [-0.15, -0.1) is 0 Å². The quantitative estimate of drug-likeness (QED) is 0.310. The van der Waals surface area contributed by atoms with E-state index in [1.807, 2.05) is 114 Å². The maximum Gasteiger partial charge on any atom is 0.345 e. The van der Waals surface area contributed by atoms with E-state index in [2.05, 4.69) is 0 Å². The third-order valence-corrected chi connectivity index (χ3v) is 5.15. The molecule has 0 fully saturated rings. The van der Waals surface area contributed by atoms with E-state index in [1.54, 1.807) is 12.1 Å². The Bertz CT molecular complexity index is 1330. The highest BCUT2D eigenvalue weighted by Crippen LogP contribution is 2.38. The zero-order valence-electron chi connectivity index (χ0n) is 17.3. The first kappa shape index (κ1) is 19.5. The molecule has 0 spiro atoms. The van der Waals surface area contributed by atoms with Crippen molar-refractivity contribution in [3.05, 3.63) is 127 Å². The number of para-hydroxylation sites is 1. The summed E-state index contributed by atoms with van der Waals surface area (Å²) in [6.07, 6.45) is 0. The molecule has 0 saturated heterocycles. The number of ether oxygens (including phenoxy) is 1. The van der Waals surface area contributed by atoms with Crippen molar-refractivity contribution in [2.24, 2.45) is 0 Å². The van der Waals surface area contributed by atoms with Gasteiger partial charge in [-0.25, -0.2) is 4.79 Å². The van der Waals surface area contributed by atoms with E-state index in [0.717, 1.165) is 28.2 Å². The highest BCUT2D eigenvalue weighted by Gasteiger charge is 2.24. The molecule has 5 rings (SSSR count). The van der Waals surface area contributed by atoms with Crippen molar-refractivity contribution in [1.82, 2.24) is 9.55 Å². The summed E-state index contributed by atoms with van der Waals surface area (Å²) in [5.41, 5.74) is 4.85. The topological polar surface area (TPSA) is 44.1 Å². The Morgan fingerprint density at radius 2 is 1.12 bits per heavy atom. The number of esters is 1. The second-order valence-corrected chi connectivity index (χ2v) is 7.25.